The van der Waals surface area contributed by atoms with Gasteiger partial charge in [0.05, 0.1) is 25.3 Å². The summed E-state index contributed by atoms with van der Waals surface area (Å²) >= 11 is 5.95. The van der Waals surface area contributed by atoms with Crippen molar-refractivity contribution in [1.82, 2.24) is 5.32 Å². The zero-order valence-corrected chi connectivity index (χ0v) is 17.3. The molecule has 1 N–H and O–H groups in total. The first-order chi connectivity index (χ1) is 14.5. The van der Waals surface area contributed by atoms with Crippen LogP contribution in [0, 0.1) is 5.82 Å². The van der Waals surface area contributed by atoms with Crippen LogP contribution < -0.4 is 19.5 Å². The minimum absolute atomic E-state index is 0.102. The molecule has 3 aromatic carbocycles. The predicted molar refractivity (Wildman–Crippen MR) is 113 cm³/mol. The van der Waals surface area contributed by atoms with Gasteiger partial charge in [-0.15, -0.1) is 0 Å². The number of halogens is 2. The number of hydrogen-bond acceptors (Lipinski definition) is 4. The molecular formula is C23H21ClFNO4. The quantitative estimate of drug-likeness (QED) is 0.559. The van der Waals surface area contributed by atoms with E-state index in [2.05, 4.69) is 5.32 Å². The van der Waals surface area contributed by atoms with Gasteiger partial charge < -0.3 is 19.5 Å². The van der Waals surface area contributed by atoms with Crippen molar-refractivity contribution in [2.45, 2.75) is 6.04 Å². The molecular weight excluding hydrogens is 409 g/mol. The van der Waals surface area contributed by atoms with E-state index < -0.39 is 11.9 Å². The van der Waals surface area contributed by atoms with Gasteiger partial charge in [-0.2, -0.15) is 0 Å². The molecule has 0 aliphatic carbocycles. The Bertz CT molecular complexity index is 946. The molecule has 0 atom stereocenters. The van der Waals surface area contributed by atoms with Gasteiger partial charge in [0, 0.05) is 0 Å². The first-order valence-corrected chi connectivity index (χ1v) is 9.53. The summed E-state index contributed by atoms with van der Waals surface area (Å²) in [5.41, 5.74) is 1.74. The fourth-order valence-electron chi connectivity index (χ4n) is 2.89. The van der Waals surface area contributed by atoms with Gasteiger partial charge in [0.25, 0.3) is 5.91 Å². The van der Waals surface area contributed by atoms with E-state index in [4.69, 9.17) is 25.8 Å². The van der Waals surface area contributed by atoms with E-state index in [0.717, 1.165) is 17.2 Å². The monoisotopic (exact) mass is 429 g/mol. The van der Waals surface area contributed by atoms with Crippen LogP contribution in [0.4, 0.5) is 4.39 Å². The lowest BCUT2D eigenvalue weighted by Crippen LogP contribution is -2.33. The van der Waals surface area contributed by atoms with Crippen LogP contribution in [-0.2, 0) is 4.79 Å². The Kier molecular flexibility index (Phi) is 7.14. The molecule has 0 heterocycles. The molecule has 7 heteroatoms. The van der Waals surface area contributed by atoms with E-state index in [0.29, 0.717) is 11.5 Å². The molecule has 0 radical (unpaired) electrons. The molecule has 0 saturated heterocycles. The summed E-state index contributed by atoms with van der Waals surface area (Å²) < 4.78 is 29.0. The van der Waals surface area contributed by atoms with E-state index in [1.54, 1.807) is 14.2 Å². The summed E-state index contributed by atoms with van der Waals surface area (Å²) in [6, 6.07) is 18.1. The molecule has 3 aromatic rings. The van der Waals surface area contributed by atoms with Gasteiger partial charge in [-0.1, -0.05) is 35.9 Å². The third-order valence-electron chi connectivity index (χ3n) is 4.46. The Morgan fingerprint density at radius 1 is 0.933 bits per heavy atom. The molecule has 0 aromatic heterocycles. The largest absolute Gasteiger partial charge is 0.497 e. The maximum absolute atomic E-state index is 13.2. The fraction of sp³-hybridized carbons (Fsp3) is 0.174. The Hall–Kier alpha value is -3.25. The highest BCUT2D eigenvalue weighted by Crippen LogP contribution is 2.27. The van der Waals surface area contributed by atoms with E-state index in [-0.39, 0.29) is 23.3 Å². The number of carbonyl (C=O) groups is 1. The molecule has 5 nitrogen and oxygen atoms in total. The molecule has 0 unspecified atom stereocenters. The topological polar surface area (TPSA) is 56.8 Å². The maximum atomic E-state index is 13.2. The Morgan fingerprint density at radius 3 is 1.93 bits per heavy atom. The molecule has 0 aliphatic heterocycles. The second-order valence-electron chi connectivity index (χ2n) is 6.41. The van der Waals surface area contributed by atoms with Crippen molar-refractivity contribution in [2.75, 3.05) is 20.8 Å². The van der Waals surface area contributed by atoms with Crippen molar-refractivity contribution < 1.29 is 23.4 Å². The van der Waals surface area contributed by atoms with Crippen LogP contribution in [0.5, 0.6) is 17.2 Å². The molecule has 1 amide bonds. The summed E-state index contributed by atoms with van der Waals surface area (Å²) in [5, 5.41) is 3.06. The lowest BCUT2D eigenvalue weighted by atomic mass is 9.98. The van der Waals surface area contributed by atoms with Gasteiger partial charge in [0.15, 0.2) is 6.61 Å². The van der Waals surface area contributed by atoms with Crippen LogP contribution in [0.2, 0.25) is 5.02 Å². The highest BCUT2D eigenvalue weighted by Gasteiger charge is 2.18. The third-order valence-corrected chi connectivity index (χ3v) is 4.75. The number of nitrogens with one attached hydrogen (secondary N) is 1. The van der Waals surface area contributed by atoms with Crippen LogP contribution in [-0.4, -0.2) is 26.7 Å². The van der Waals surface area contributed by atoms with Gasteiger partial charge in [-0.05, 0) is 53.6 Å². The minimum Gasteiger partial charge on any atom is -0.497 e. The average Bonchev–Trinajstić information content (AvgIpc) is 2.77. The SMILES string of the molecule is COc1ccc(C(NC(=O)COc2ccc(F)cc2Cl)c2ccc(OC)cc2)cc1. The summed E-state index contributed by atoms with van der Waals surface area (Å²) in [5.74, 6) is 0.835. The van der Waals surface area contributed by atoms with E-state index in [9.17, 15) is 9.18 Å². The number of amides is 1. The van der Waals surface area contributed by atoms with E-state index >= 15 is 0 Å². The predicted octanol–water partition coefficient (Wildman–Crippen LogP) is 4.78. The second-order valence-corrected chi connectivity index (χ2v) is 6.82. The summed E-state index contributed by atoms with van der Waals surface area (Å²) in [7, 11) is 3.19. The standard InChI is InChI=1S/C23H21ClFNO4/c1-28-18-8-3-15(4-9-18)23(16-5-10-19(29-2)11-6-16)26-22(27)14-30-21-12-7-17(25)13-20(21)24/h3-13,23H,14H2,1-2H3,(H,26,27). The Labute approximate surface area is 179 Å². The third kappa shape index (κ3) is 5.42. The fourth-order valence-corrected chi connectivity index (χ4v) is 3.11. The lowest BCUT2D eigenvalue weighted by Gasteiger charge is -2.21. The normalized spacial score (nSPS) is 10.6. The zero-order chi connectivity index (χ0) is 21.5. The van der Waals surface area contributed by atoms with Crippen LogP contribution in [0.15, 0.2) is 66.7 Å². The van der Waals surface area contributed by atoms with Gasteiger partial charge in [0.2, 0.25) is 0 Å². The molecule has 0 saturated carbocycles. The number of benzene rings is 3. The first-order valence-electron chi connectivity index (χ1n) is 9.15. The van der Waals surface area contributed by atoms with Gasteiger partial charge in [-0.25, -0.2) is 4.39 Å². The summed E-state index contributed by atoms with van der Waals surface area (Å²) in [6.07, 6.45) is 0. The Morgan fingerprint density at radius 2 is 1.47 bits per heavy atom. The van der Waals surface area contributed by atoms with Crippen LogP contribution in [0.3, 0.4) is 0 Å². The average molecular weight is 430 g/mol. The van der Waals surface area contributed by atoms with Crippen molar-refractivity contribution in [3.05, 3.63) is 88.7 Å². The number of hydrogen-bond donors (Lipinski definition) is 1. The number of carbonyl (C=O) groups excluding carboxylic acids is 1. The van der Waals surface area contributed by atoms with Gasteiger partial charge in [0.1, 0.15) is 23.1 Å². The minimum atomic E-state index is -0.476. The van der Waals surface area contributed by atoms with Crippen LogP contribution in [0.25, 0.3) is 0 Å². The molecule has 0 fully saturated rings. The molecule has 3 rings (SSSR count). The van der Waals surface area contributed by atoms with E-state index in [1.807, 2.05) is 48.5 Å². The van der Waals surface area contributed by atoms with Gasteiger partial charge in [-0.3, -0.25) is 4.79 Å². The van der Waals surface area contributed by atoms with Crippen LogP contribution in [0.1, 0.15) is 17.2 Å². The molecule has 30 heavy (non-hydrogen) atoms. The van der Waals surface area contributed by atoms with Crippen molar-refractivity contribution in [2.24, 2.45) is 0 Å². The molecule has 156 valence electrons. The van der Waals surface area contributed by atoms with Gasteiger partial charge >= 0.3 is 0 Å². The first kappa shape index (κ1) is 21.5. The molecule has 0 spiro atoms. The lowest BCUT2D eigenvalue weighted by molar-refractivity contribution is -0.123. The summed E-state index contributed by atoms with van der Waals surface area (Å²) in [4.78, 5) is 12.6. The second kappa shape index (κ2) is 9.98. The molecule has 0 bridgehead atoms. The highest BCUT2D eigenvalue weighted by molar-refractivity contribution is 6.32. The highest BCUT2D eigenvalue weighted by atomic mass is 35.5. The maximum Gasteiger partial charge on any atom is 0.258 e. The Balaban J connectivity index is 1.77. The number of methoxy groups -OCH3 is 2. The summed E-state index contributed by atoms with van der Waals surface area (Å²) in [6.45, 7) is -0.270. The van der Waals surface area contributed by atoms with Crippen molar-refractivity contribution in [1.29, 1.82) is 0 Å². The van der Waals surface area contributed by atoms with Crippen molar-refractivity contribution in [3.8, 4) is 17.2 Å². The van der Waals surface area contributed by atoms with Crippen LogP contribution >= 0.6 is 11.6 Å². The van der Waals surface area contributed by atoms with Crippen molar-refractivity contribution >= 4 is 17.5 Å². The van der Waals surface area contributed by atoms with Crippen molar-refractivity contribution in [3.63, 3.8) is 0 Å². The smallest absolute Gasteiger partial charge is 0.258 e. The number of ether oxygens (including phenoxy) is 3. The van der Waals surface area contributed by atoms with E-state index in [1.165, 1.54) is 12.1 Å². The zero-order valence-electron chi connectivity index (χ0n) is 16.5. The number of rotatable bonds is 8. The molecule has 0 aliphatic rings.